The second kappa shape index (κ2) is 3.20. The Balaban J connectivity index is 2.05. The van der Waals surface area contributed by atoms with E-state index in [1.165, 1.54) is 6.42 Å². The van der Waals surface area contributed by atoms with E-state index in [9.17, 15) is 0 Å². The number of nitrogen functional groups attached to an aromatic ring is 1. The summed E-state index contributed by atoms with van der Waals surface area (Å²) in [7, 11) is 0. The first-order chi connectivity index (χ1) is 7.33. The first kappa shape index (κ1) is 8.67. The van der Waals surface area contributed by atoms with Gasteiger partial charge in [-0.2, -0.15) is 0 Å². The highest BCUT2D eigenvalue weighted by Crippen LogP contribution is 2.20. The lowest BCUT2D eigenvalue weighted by atomic mass is 10.2. The SMILES string of the molecule is Nc1ccn2nc(C3CCCN3)nc2c1. The molecule has 0 saturated carbocycles. The molecule has 0 spiro atoms. The quantitative estimate of drug-likeness (QED) is 0.717. The zero-order chi connectivity index (χ0) is 10.3. The van der Waals surface area contributed by atoms with Gasteiger partial charge in [0.2, 0.25) is 0 Å². The van der Waals surface area contributed by atoms with Gasteiger partial charge in [0, 0.05) is 18.0 Å². The summed E-state index contributed by atoms with van der Waals surface area (Å²) in [6.07, 6.45) is 4.16. The van der Waals surface area contributed by atoms with Crippen LogP contribution in [0.2, 0.25) is 0 Å². The molecule has 0 aliphatic carbocycles. The summed E-state index contributed by atoms with van der Waals surface area (Å²) in [6.45, 7) is 1.06. The Kier molecular flexibility index (Phi) is 1.85. The van der Waals surface area contributed by atoms with Gasteiger partial charge >= 0.3 is 0 Å². The molecule has 3 N–H and O–H groups in total. The summed E-state index contributed by atoms with van der Waals surface area (Å²) >= 11 is 0. The number of nitrogens with one attached hydrogen (secondary N) is 1. The van der Waals surface area contributed by atoms with Crippen LogP contribution in [0.15, 0.2) is 18.3 Å². The molecule has 5 nitrogen and oxygen atoms in total. The minimum Gasteiger partial charge on any atom is -0.399 e. The van der Waals surface area contributed by atoms with Crippen LogP contribution in [-0.4, -0.2) is 21.1 Å². The topological polar surface area (TPSA) is 68.2 Å². The van der Waals surface area contributed by atoms with Crippen molar-refractivity contribution < 1.29 is 0 Å². The van der Waals surface area contributed by atoms with Crippen LogP contribution in [0, 0.1) is 0 Å². The molecule has 1 aliphatic heterocycles. The fourth-order valence-corrected chi connectivity index (χ4v) is 1.97. The molecule has 1 atom stereocenters. The first-order valence-electron chi connectivity index (χ1n) is 5.18. The molecule has 1 aliphatic rings. The number of fused-ring (bicyclic) bond motifs is 1. The highest BCUT2D eigenvalue weighted by atomic mass is 15.3. The molecule has 15 heavy (non-hydrogen) atoms. The van der Waals surface area contributed by atoms with Crippen LogP contribution in [0.5, 0.6) is 0 Å². The van der Waals surface area contributed by atoms with Crippen molar-refractivity contribution in [1.29, 1.82) is 0 Å². The van der Waals surface area contributed by atoms with Gasteiger partial charge in [0.15, 0.2) is 11.5 Å². The summed E-state index contributed by atoms with van der Waals surface area (Å²) in [4.78, 5) is 4.46. The summed E-state index contributed by atoms with van der Waals surface area (Å²) in [5, 5.41) is 7.80. The third-order valence-electron chi connectivity index (χ3n) is 2.75. The number of nitrogens with zero attached hydrogens (tertiary/aromatic N) is 3. The van der Waals surface area contributed by atoms with Crippen molar-refractivity contribution in [2.75, 3.05) is 12.3 Å². The first-order valence-corrected chi connectivity index (χ1v) is 5.18. The minimum atomic E-state index is 0.311. The molecule has 3 heterocycles. The van der Waals surface area contributed by atoms with Crippen molar-refractivity contribution in [3.8, 4) is 0 Å². The van der Waals surface area contributed by atoms with Gasteiger partial charge < -0.3 is 11.1 Å². The zero-order valence-electron chi connectivity index (χ0n) is 8.35. The number of anilines is 1. The second-order valence-electron chi connectivity index (χ2n) is 3.88. The summed E-state index contributed by atoms with van der Waals surface area (Å²) in [5.41, 5.74) is 7.23. The van der Waals surface area contributed by atoms with E-state index in [0.29, 0.717) is 6.04 Å². The third-order valence-corrected chi connectivity index (χ3v) is 2.75. The predicted octanol–water partition coefficient (Wildman–Crippen LogP) is 0.736. The van der Waals surface area contributed by atoms with Gasteiger partial charge in [-0.25, -0.2) is 9.50 Å². The van der Waals surface area contributed by atoms with Crippen LogP contribution in [0.4, 0.5) is 5.69 Å². The number of aromatic nitrogens is 3. The molecule has 0 aromatic carbocycles. The van der Waals surface area contributed by atoms with E-state index in [4.69, 9.17) is 5.73 Å². The van der Waals surface area contributed by atoms with Crippen LogP contribution < -0.4 is 11.1 Å². The summed E-state index contributed by atoms with van der Waals surface area (Å²) in [5.74, 6) is 0.873. The Morgan fingerprint density at radius 1 is 1.53 bits per heavy atom. The highest BCUT2D eigenvalue weighted by molar-refractivity contribution is 5.50. The van der Waals surface area contributed by atoms with Crippen molar-refractivity contribution in [3.05, 3.63) is 24.2 Å². The molecule has 0 bridgehead atoms. The summed E-state index contributed by atoms with van der Waals surface area (Å²) in [6, 6.07) is 3.98. The Labute approximate surface area is 87.3 Å². The van der Waals surface area contributed by atoms with E-state index in [1.54, 1.807) is 4.52 Å². The fourth-order valence-electron chi connectivity index (χ4n) is 1.97. The smallest absolute Gasteiger partial charge is 0.168 e. The van der Waals surface area contributed by atoms with Gasteiger partial charge in [-0.1, -0.05) is 0 Å². The van der Waals surface area contributed by atoms with E-state index >= 15 is 0 Å². The van der Waals surface area contributed by atoms with Crippen LogP contribution in [-0.2, 0) is 0 Å². The molecular formula is C10H13N5. The Morgan fingerprint density at radius 3 is 3.27 bits per heavy atom. The number of rotatable bonds is 1. The van der Waals surface area contributed by atoms with E-state index in [1.807, 2.05) is 18.3 Å². The lowest BCUT2D eigenvalue weighted by molar-refractivity contribution is 0.604. The monoisotopic (exact) mass is 203 g/mol. The van der Waals surface area contributed by atoms with Crippen molar-refractivity contribution in [1.82, 2.24) is 19.9 Å². The Hall–Kier alpha value is -1.62. The normalized spacial score (nSPS) is 21.2. The van der Waals surface area contributed by atoms with Crippen molar-refractivity contribution >= 4 is 11.3 Å². The van der Waals surface area contributed by atoms with Crippen LogP contribution in [0.1, 0.15) is 24.7 Å². The van der Waals surface area contributed by atoms with E-state index < -0.39 is 0 Å². The molecule has 1 saturated heterocycles. The Bertz CT molecular complexity index is 484. The fraction of sp³-hybridized carbons (Fsp3) is 0.400. The number of hydrogen-bond acceptors (Lipinski definition) is 4. The molecule has 3 rings (SSSR count). The molecule has 2 aromatic rings. The van der Waals surface area contributed by atoms with E-state index in [0.717, 1.165) is 30.1 Å². The number of pyridine rings is 1. The Morgan fingerprint density at radius 2 is 2.47 bits per heavy atom. The number of hydrogen-bond donors (Lipinski definition) is 2. The third kappa shape index (κ3) is 1.45. The average Bonchev–Trinajstić information content (AvgIpc) is 2.84. The molecule has 78 valence electrons. The molecule has 0 radical (unpaired) electrons. The largest absolute Gasteiger partial charge is 0.399 e. The number of nitrogens with two attached hydrogens (primary N) is 1. The van der Waals surface area contributed by atoms with Crippen molar-refractivity contribution in [2.24, 2.45) is 0 Å². The van der Waals surface area contributed by atoms with Gasteiger partial charge in [0.1, 0.15) is 0 Å². The molecule has 0 amide bonds. The lowest BCUT2D eigenvalue weighted by Crippen LogP contribution is -2.14. The van der Waals surface area contributed by atoms with Crippen molar-refractivity contribution in [2.45, 2.75) is 18.9 Å². The van der Waals surface area contributed by atoms with E-state index in [-0.39, 0.29) is 0 Å². The highest BCUT2D eigenvalue weighted by Gasteiger charge is 2.20. The molecule has 1 fully saturated rings. The maximum Gasteiger partial charge on any atom is 0.168 e. The second-order valence-corrected chi connectivity index (χ2v) is 3.88. The molecule has 1 unspecified atom stereocenters. The molecular weight excluding hydrogens is 190 g/mol. The van der Waals surface area contributed by atoms with E-state index in [2.05, 4.69) is 15.4 Å². The van der Waals surface area contributed by atoms with Gasteiger partial charge in [-0.05, 0) is 25.5 Å². The van der Waals surface area contributed by atoms with Crippen molar-refractivity contribution in [3.63, 3.8) is 0 Å². The predicted molar refractivity (Wildman–Crippen MR) is 57.4 cm³/mol. The van der Waals surface area contributed by atoms with Crippen LogP contribution in [0.25, 0.3) is 5.65 Å². The maximum absolute atomic E-state index is 5.69. The zero-order valence-corrected chi connectivity index (χ0v) is 8.35. The van der Waals surface area contributed by atoms with Crippen LogP contribution in [0.3, 0.4) is 0 Å². The van der Waals surface area contributed by atoms with Gasteiger partial charge in [-0.3, -0.25) is 0 Å². The minimum absolute atomic E-state index is 0.311. The lowest BCUT2D eigenvalue weighted by Gasteiger charge is -2.02. The molecule has 2 aromatic heterocycles. The average molecular weight is 203 g/mol. The van der Waals surface area contributed by atoms with Gasteiger partial charge in [0.25, 0.3) is 0 Å². The van der Waals surface area contributed by atoms with Gasteiger partial charge in [-0.15, -0.1) is 5.10 Å². The standard InChI is InChI=1S/C10H13N5/c11-7-3-5-15-9(6-7)13-10(14-15)8-2-1-4-12-8/h3,5-6,8,12H,1-2,4,11H2. The summed E-state index contributed by atoms with van der Waals surface area (Å²) < 4.78 is 1.77. The maximum atomic E-state index is 5.69. The van der Waals surface area contributed by atoms with Crippen LogP contribution >= 0.6 is 0 Å². The molecule has 5 heteroatoms. The van der Waals surface area contributed by atoms with Gasteiger partial charge in [0.05, 0.1) is 6.04 Å².